The molecule has 0 aromatic heterocycles. The van der Waals surface area contributed by atoms with E-state index in [2.05, 4.69) is 4.18 Å². The Hall–Kier alpha value is -1.41. The molecule has 0 fully saturated rings. The standard InChI is InChI=1S/C12H9F3O3S2/c1-19-11-9-5-3-2-4-8(9)6-7-10(11)18-20(16,17)12(13,14)15/h2-7H,1H3. The summed E-state index contributed by atoms with van der Waals surface area (Å²) in [5.41, 5.74) is -5.45. The third kappa shape index (κ3) is 2.71. The molecule has 2 rings (SSSR count). The Morgan fingerprint density at radius 3 is 2.35 bits per heavy atom. The van der Waals surface area contributed by atoms with E-state index in [1.807, 2.05) is 0 Å². The number of hydrogen-bond donors (Lipinski definition) is 0. The summed E-state index contributed by atoms with van der Waals surface area (Å²) in [6.45, 7) is 0. The second kappa shape index (κ2) is 5.17. The van der Waals surface area contributed by atoms with Crippen molar-refractivity contribution >= 4 is 32.7 Å². The number of alkyl halides is 3. The molecule has 0 heterocycles. The molecule has 3 nitrogen and oxygen atoms in total. The van der Waals surface area contributed by atoms with Crippen molar-refractivity contribution in [3.05, 3.63) is 36.4 Å². The lowest BCUT2D eigenvalue weighted by atomic mass is 10.1. The number of rotatable bonds is 3. The third-order valence-corrected chi connectivity index (χ3v) is 4.33. The second-order valence-electron chi connectivity index (χ2n) is 3.80. The highest BCUT2D eigenvalue weighted by Gasteiger charge is 2.48. The second-order valence-corrected chi connectivity index (χ2v) is 6.16. The Labute approximate surface area is 117 Å². The Bertz CT molecular complexity index is 739. The highest BCUT2D eigenvalue weighted by Crippen LogP contribution is 2.37. The molecule has 8 heteroatoms. The van der Waals surface area contributed by atoms with Crippen LogP contribution in [0.25, 0.3) is 10.8 Å². The molecule has 0 atom stereocenters. The summed E-state index contributed by atoms with van der Waals surface area (Å²) in [5, 5.41) is 1.42. The first-order valence-corrected chi connectivity index (χ1v) is 7.96. The normalized spacial score (nSPS) is 12.6. The molecule has 0 amide bonds. The van der Waals surface area contributed by atoms with Crippen LogP contribution in [0, 0.1) is 0 Å². The lowest BCUT2D eigenvalue weighted by molar-refractivity contribution is -0.0500. The molecule has 108 valence electrons. The van der Waals surface area contributed by atoms with Gasteiger partial charge in [-0.05, 0) is 23.1 Å². The van der Waals surface area contributed by atoms with E-state index in [9.17, 15) is 21.6 Å². The van der Waals surface area contributed by atoms with Crippen LogP contribution in [0.2, 0.25) is 0 Å². The number of thioether (sulfide) groups is 1. The molecule has 0 saturated carbocycles. The van der Waals surface area contributed by atoms with Gasteiger partial charge in [-0.3, -0.25) is 0 Å². The molecular weight excluding hydrogens is 313 g/mol. The van der Waals surface area contributed by atoms with Gasteiger partial charge in [-0.1, -0.05) is 30.3 Å². The summed E-state index contributed by atoms with van der Waals surface area (Å²) in [6, 6.07) is 9.68. The summed E-state index contributed by atoms with van der Waals surface area (Å²) in [6.07, 6.45) is 1.63. The molecule has 0 aliphatic rings. The molecule has 0 aliphatic carbocycles. The lowest BCUT2D eigenvalue weighted by Crippen LogP contribution is -2.28. The maximum absolute atomic E-state index is 12.3. The molecule has 20 heavy (non-hydrogen) atoms. The van der Waals surface area contributed by atoms with Crippen LogP contribution in [-0.2, 0) is 10.1 Å². The summed E-state index contributed by atoms with van der Waals surface area (Å²) in [7, 11) is -5.67. The summed E-state index contributed by atoms with van der Waals surface area (Å²) in [5.74, 6) is -0.325. The molecule has 0 N–H and O–H groups in total. The van der Waals surface area contributed by atoms with E-state index < -0.39 is 15.6 Å². The number of fused-ring (bicyclic) bond motifs is 1. The highest BCUT2D eigenvalue weighted by molar-refractivity contribution is 7.99. The maximum atomic E-state index is 12.3. The summed E-state index contributed by atoms with van der Waals surface area (Å²) >= 11 is 1.12. The minimum absolute atomic E-state index is 0.325. The van der Waals surface area contributed by atoms with Gasteiger partial charge >= 0.3 is 15.6 Å². The first-order valence-electron chi connectivity index (χ1n) is 5.33. The van der Waals surface area contributed by atoms with E-state index in [4.69, 9.17) is 0 Å². The fourth-order valence-electron chi connectivity index (χ4n) is 1.66. The fourth-order valence-corrected chi connectivity index (χ4v) is 2.90. The van der Waals surface area contributed by atoms with E-state index in [1.54, 1.807) is 30.5 Å². The van der Waals surface area contributed by atoms with E-state index in [-0.39, 0.29) is 5.75 Å². The number of benzene rings is 2. The van der Waals surface area contributed by atoms with Crippen LogP contribution in [0.4, 0.5) is 13.2 Å². The van der Waals surface area contributed by atoms with Crippen LogP contribution < -0.4 is 4.18 Å². The third-order valence-electron chi connectivity index (χ3n) is 2.53. The topological polar surface area (TPSA) is 43.4 Å². The van der Waals surface area contributed by atoms with Crippen molar-refractivity contribution in [3.8, 4) is 5.75 Å². The van der Waals surface area contributed by atoms with E-state index >= 15 is 0 Å². The van der Waals surface area contributed by atoms with Crippen molar-refractivity contribution in [1.82, 2.24) is 0 Å². The van der Waals surface area contributed by atoms with Gasteiger partial charge in [-0.15, -0.1) is 11.8 Å². The smallest absolute Gasteiger partial charge is 0.375 e. The molecule has 0 saturated heterocycles. The molecule has 0 unspecified atom stereocenters. The van der Waals surface area contributed by atoms with Crippen LogP contribution in [0.15, 0.2) is 41.3 Å². The average molecular weight is 322 g/mol. The Morgan fingerprint density at radius 2 is 1.75 bits per heavy atom. The average Bonchev–Trinajstić information content (AvgIpc) is 2.36. The van der Waals surface area contributed by atoms with Gasteiger partial charge in [0.15, 0.2) is 5.75 Å². The van der Waals surface area contributed by atoms with Crippen molar-refractivity contribution < 1.29 is 25.8 Å². The van der Waals surface area contributed by atoms with Gasteiger partial charge in [-0.25, -0.2) is 0 Å². The Balaban J connectivity index is 2.56. The molecule has 0 bridgehead atoms. The zero-order valence-electron chi connectivity index (χ0n) is 10.1. The molecule has 2 aromatic carbocycles. The van der Waals surface area contributed by atoms with Crippen LogP contribution in [-0.4, -0.2) is 20.2 Å². The summed E-state index contributed by atoms with van der Waals surface area (Å²) < 4.78 is 63.4. The van der Waals surface area contributed by atoms with E-state index in [0.29, 0.717) is 10.3 Å². The molecule has 0 spiro atoms. The highest BCUT2D eigenvalue weighted by atomic mass is 32.2. The predicted octanol–water partition coefficient (Wildman–Crippen LogP) is 3.79. The van der Waals surface area contributed by atoms with Gasteiger partial charge in [0.1, 0.15) is 0 Å². The van der Waals surface area contributed by atoms with Crippen LogP contribution in [0.3, 0.4) is 0 Å². The van der Waals surface area contributed by atoms with Gasteiger partial charge < -0.3 is 4.18 Å². The lowest BCUT2D eigenvalue weighted by Gasteiger charge is -2.13. The fraction of sp³-hybridized carbons (Fsp3) is 0.167. The molecular formula is C12H9F3O3S2. The molecule has 2 aromatic rings. The monoisotopic (exact) mass is 322 g/mol. The minimum atomic E-state index is -5.67. The Kier molecular flexibility index (Phi) is 3.88. The zero-order valence-corrected chi connectivity index (χ0v) is 11.8. The van der Waals surface area contributed by atoms with Crippen molar-refractivity contribution in [2.24, 2.45) is 0 Å². The number of halogens is 3. The summed E-state index contributed by atoms with van der Waals surface area (Å²) in [4.78, 5) is 0.343. The van der Waals surface area contributed by atoms with Gasteiger partial charge in [0.05, 0.1) is 4.90 Å². The molecule has 0 radical (unpaired) electrons. The van der Waals surface area contributed by atoms with Crippen LogP contribution in [0.1, 0.15) is 0 Å². The van der Waals surface area contributed by atoms with Gasteiger partial charge in [-0.2, -0.15) is 21.6 Å². The zero-order chi connectivity index (χ0) is 15.0. The van der Waals surface area contributed by atoms with Crippen LogP contribution in [0.5, 0.6) is 5.75 Å². The van der Waals surface area contributed by atoms with Gasteiger partial charge in [0.2, 0.25) is 0 Å². The van der Waals surface area contributed by atoms with E-state index in [1.165, 1.54) is 12.1 Å². The Morgan fingerprint density at radius 1 is 1.10 bits per heavy atom. The SMILES string of the molecule is CSc1c(OS(=O)(=O)C(F)(F)F)ccc2ccccc12. The first-order chi connectivity index (χ1) is 9.26. The predicted molar refractivity (Wildman–Crippen MR) is 71.3 cm³/mol. The van der Waals surface area contributed by atoms with Gasteiger partial charge in [0.25, 0.3) is 0 Å². The largest absolute Gasteiger partial charge is 0.534 e. The first kappa shape index (κ1) is 15.0. The molecule has 0 aliphatic heterocycles. The quantitative estimate of drug-likeness (QED) is 0.490. The van der Waals surface area contributed by atoms with Crippen LogP contribution >= 0.6 is 11.8 Å². The van der Waals surface area contributed by atoms with Crippen molar-refractivity contribution in [2.45, 2.75) is 10.4 Å². The van der Waals surface area contributed by atoms with E-state index in [0.717, 1.165) is 17.1 Å². The van der Waals surface area contributed by atoms with Crippen molar-refractivity contribution in [2.75, 3.05) is 6.26 Å². The van der Waals surface area contributed by atoms with Gasteiger partial charge in [0, 0.05) is 0 Å². The maximum Gasteiger partial charge on any atom is 0.534 e. The number of hydrogen-bond acceptors (Lipinski definition) is 4. The minimum Gasteiger partial charge on any atom is -0.375 e. The van der Waals surface area contributed by atoms with Crippen molar-refractivity contribution in [1.29, 1.82) is 0 Å². The van der Waals surface area contributed by atoms with Crippen molar-refractivity contribution in [3.63, 3.8) is 0 Å².